The molecule has 0 saturated heterocycles. The molecule has 0 spiro atoms. The average molecular weight is 697 g/mol. The first kappa shape index (κ1) is 42.7. The smallest absolute Gasteiger partial charge is 0.870 e. The first-order valence-electron chi connectivity index (χ1n) is 11.7. The van der Waals surface area contributed by atoms with Crippen LogP contribution >= 0.6 is 15.9 Å². The van der Waals surface area contributed by atoms with E-state index in [0.29, 0.717) is 23.3 Å². The number of hydrogen-bond acceptors (Lipinski definition) is 14. The minimum Gasteiger partial charge on any atom is -0.870 e. The van der Waals surface area contributed by atoms with E-state index >= 15 is 0 Å². The van der Waals surface area contributed by atoms with E-state index in [0.717, 1.165) is 22.3 Å². The molecule has 6 rings (SSSR count). The van der Waals surface area contributed by atoms with Crippen molar-refractivity contribution in [2.45, 2.75) is 31.8 Å². The van der Waals surface area contributed by atoms with Crippen LogP contribution in [0, 0.1) is 13.8 Å². The van der Waals surface area contributed by atoms with Crippen molar-refractivity contribution in [3.05, 3.63) is 105 Å². The van der Waals surface area contributed by atoms with Crippen LogP contribution in [0.25, 0.3) is 0 Å². The molecule has 3 heterocycles. The first-order valence-corrected chi connectivity index (χ1v) is 12.6. The number of aliphatic hydroxyl groups is 1. The monoisotopic (exact) mass is 696 g/mol. The predicted molar refractivity (Wildman–Crippen MR) is 142 cm³/mol. The molecule has 16 heteroatoms. The Bertz CT molecular complexity index is 1540. The largest absolute Gasteiger partial charge is 1.00 e. The SMILES string of the molecule is Cc1ccc2c(c1)C(Br)OC2=O.Cc1ccc2c(c1)COC2=O.O=C1OC(O)c2ccccc21.O=C=O.O=C=O.O=C=O.[Na+].[OH-]. The Morgan fingerprint density at radius 1 is 0.689 bits per heavy atom. The number of aryl methyl sites for hydroxylation is 2. The standard InChI is InChI=1S/C9H7BrO2.C9H8O2.C8H6O3.3CO2.Na.H2O/c1-5-2-3-6-7(4-5)8(10)12-9(6)11;1-6-2-3-8-7(4-6)5-11-9(8)10;9-7-5-3-1-2-4-6(5)8(10)11-7;3*2-1-3;;/h2-4,8H,1H3;2-4H,5H2,1H3;1-4,7,9H;;;;;1H2/q;;;;;;+1;/p-1. The number of aliphatic hydroxyl groups excluding tert-OH is 1. The second-order valence-corrected chi connectivity index (χ2v) is 8.98. The third kappa shape index (κ3) is 13.0. The van der Waals surface area contributed by atoms with E-state index in [1.807, 2.05) is 44.2 Å². The van der Waals surface area contributed by atoms with Crippen LogP contribution in [0.2, 0.25) is 0 Å². The van der Waals surface area contributed by atoms with Gasteiger partial charge in [-0.3, -0.25) is 0 Å². The number of carbonyl (C=O) groups excluding carboxylic acids is 9. The zero-order valence-corrected chi connectivity index (χ0v) is 27.4. The molecule has 3 aromatic carbocycles. The van der Waals surface area contributed by atoms with Crippen LogP contribution in [-0.2, 0) is 49.6 Å². The summed E-state index contributed by atoms with van der Waals surface area (Å²) in [6.07, 6.45) is -0.321. The van der Waals surface area contributed by atoms with Crippen molar-refractivity contribution in [2.24, 2.45) is 0 Å². The van der Waals surface area contributed by atoms with Crippen LogP contribution < -0.4 is 29.6 Å². The quantitative estimate of drug-likeness (QED) is 0.143. The van der Waals surface area contributed by atoms with Crippen LogP contribution in [0.1, 0.15) is 70.2 Å². The van der Waals surface area contributed by atoms with E-state index in [2.05, 4.69) is 20.7 Å². The summed E-state index contributed by atoms with van der Waals surface area (Å²) in [4.78, 5) is 81.7. The molecule has 3 aliphatic heterocycles. The van der Waals surface area contributed by atoms with Crippen LogP contribution in [0.5, 0.6) is 0 Å². The van der Waals surface area contributed by atoms with Gasteiger partial charge in [-0.15, -0.1) is 0 Å². The first-order chi connectivity index (χ1) is 20.5. The van der Waals surface area contributed by atoms with Crippen LogP contribution in [-0.4, -0.2) is 46.9 Å². The number of carbonyl (C=O) groups is 3. The second-order valence-electron chi connectivity index (χ2n) is 8.14. The predicted octanol–water partition coefficient (Wildman–Crippen LogP) is 0.149. The molecule has 0 aliphatic carbocycles. The number of esters is 3. The van der Waals surface area contributed by atoms with Gasteiger partial charge in [0.15, 0.2) is 5.01 Å². The van der Waals surface area contributed by atoms with Gasteiger partial charge in [0.05, 0.1) is 16.7 Å². The summed E-state index contributed by atoms with van der Waals surface area (Å²) in [7, 11) is 0. The number of halogens is 1. The van der Waals surface area contributed by atoms with Gasteiger partial charge < -0.3 is 24.8 Å². The molecular weight excluding hydrogens is 675 g/mol. The number of alkyl halides is 1. The number of hydrogen-bond donors (Lipinski definition) is 1. The normalized spacial score (nSPS) is 14.7. The van der Waals surface area contributed by atoms with E-state index < -0.39 is 12.3 Å². The molecule has 3 aliphatic rings. The second kappa shape index (κ2) is 22.2. The Morgan fingerprint density at radius 2 is 1.16 bits per heavy atom. The summed E-state index contributed by atoms with van der Waals surface area (Å²) >= 11 is 3.27. The summed E-state index contributed by atoms with van der Waals surface area (Å²) in [6, 6.07) is 18.2. The Balaban J connectivity index is 0. The van der Waals surface area contributed by atoms with Crippen LogP contribution in [0.3, 0.4) is 0 Å². The van der Waals surface area contributed by atoms with Gasteiger partial charge in [0.1, 0.15) is 6.61 Å². The van der Waals surface area contributed by atoms with Gasteiger partial charge in [-0.1, -0.05) is 53.6 Å². The maximum absolute atomic E-state index is 11.1. The molecule has 0 aromatic heterocycles. The molecule has 2 N–H and O–H groups in total. The van der Waals surface area contributed by atoms with Gasteiger partial charge >= 0.3 is 65.9 Å². The molecule has 3 aromatic rings. The van der Waals surface area contributed by atoms with Gasteiger partial charge in [0.2, 0.25) is 6.29 Å². The third-order valence-electron chi connectivity index (χ3n) is 5.39. The van der Waals surface area contributed by atoms with Crippen molar-refractivity contribution < 1.29 is 97.5 Å². The Kier molecular flexibility index (Phi) is 21.1. The van der Waals surface area contributed by atoms with Gasteiger partial charge in [-0.05, 0) is 48.0 Å². The molecule has 2 atom stereocenters. The van der Waals surface area contributed by atoms with Crippen LogP contribution in [0.15, 0.2) is 60.7 Å². The molecule has 2 unspecified atom stereocenters. The minimum atomic E-state index is -1.07. The van der Waals surface area contributed by atoms with Crippen molar-refractivity contribution in [3.63, 3.8) is 0 Å². The number of cyclic esters (lactones) is 3. The summed E-state index contributed by atoms with van der Waals surface area (Å²) in [5.74, 6) is -0.889. The molecule has 0 bridgehead atoms. The van der Waals surface area contributed by atoms with E-state index in [-0.39, 0.29) is 70.4 Å². The summed E-state index contributed by atoms with van der Waals surface area (Å²) in [5, 5.41) is 8.84. The Labute approximate surface area is 285 Å². The van der Waals surface area contributed by atoms with Crippen LogP contribution in [0.4, 0.5) is 0 Å². The minimum absolute atomic E-state index is 0. The fourth-order valence-corrected chi connectivity index (χ4v) is 4.21. The van der Waals surface area contributed by atoms with Crippen molar-refractivity contribution in [3.8, 4) is 0 Å². The van der Waals surface area contributed by atoms with E-state index in [1.54, 1.807) is 30.3 Å². The topological polar surface area (TPSA) is 232 Å². The zero-order valence-electron chi connectivity index (χ0n) is 23.8. The van der Waals surface area contributed by atoms with Crippen molar-refractivity contribution in [2.75, 3.05) is 0 Å². The summed E-state index contributed by atoms with van der Waals surface area (Å²) < 4.78 is 14.4. The Morgan fingerprint density at radius 3 is 1.71 bits per heavy atom. The molecule has 0 saturated carbocycles. The van der Waals surface area contributed by atoms with Gasteiger partial charge in [0, 0.05) is 16.7 Å². The van der Waals surface area contributed by atoms with E-state index in [1.165, 1.54) is 5.56 Å². The van der Waals surface area contributed by atoms with Crippen molar-refractivity contribution >= 4 is 52.3 Å². The molecule has 0 radical (unpaired) electrons. The molecule has 14 nitrogen and oxygen atoms in total. The summed E-state index contributed by atoms with van der Waals surface area (Å²) in [5.41, 5.74) is 6.64. The zero-order chi connectivity index (χ0) is 32.5. The summed E-state index contributed by atoms with van der Waals surface area (Å²) in [6.45, 7) is 4.43. The molecule has 230 valence electrons. The molecule has 0 amide bonds. The Hall–Kier alpha value is -4.39. The van der Waals surface area contributed by atoms with E-state index in [9.17, 15) is 14.4 Å². The maximum Gasteiger partial charge on any atom is 1.00 e. The van der Waals surface area contributed by atoms with Crippen molar-refractivity contribution in [1.82, 2.24) is 0 Å². The molecule has 0 fully saturated rings. The van der Waals surface area contributed by atoms with Gasteiger partial charge in [0.25, 0.3) is 0 Å². The average Bonchev–Trinajstić information content (AvgIpc) is 3.58. The number of rotatable bonds is 0. The fourth-order valence-electron chi connectivity index (χ4n) is 3.67. The number of benzene rings is 3. The molecule has 45 heavy (non-hydrogen) atoms. The van der Waals surface area contributed by atoms with Gasteiger partial charge in [-0.25, -0.2) is 14.4 Å². The number of ether oxygens (including phenoxy) is 3. The molecular formula is C29H22BrNaO14. The van der Waals surface area contributed by atoms with Crippen molar-refractivity contribution in [1.29, 1.82) is 0 Å². The number of fused-ring (bicyclic) bond motifs is 3. The third-order valence-corrected chi connectivity index (χ3v) is 6.07. The van der Waals surface area contributed by atoms with Gasteiger partial charge in [-0.2, -0.15) is 28.8 Å². The maximum atomic E-state index is 11.1. The fraction of sp³-hybridized carbons (Fsp3) is 0.172. The van der Waals surface area contributed by atoms with E-state index in [4.69, 9.17) is 43.3 Å².